The van der Waals surface area contributed by atoms with Crippen molar-refractivity contribution in [2.45, 2.75) is 46.1 Å². The number of nitrogens with zero attached hydrogens (tertiary/aromatic N) is 1. The van der Waals surface area contributed by atoms with Crippen LogP contribution in [0.5, 0.6) is 0 Å². The third-order valence-corrected chi connectivity index (χ3v) is 3.10. The lowest BCUT2D eigenvalue weighted by atomic mass is 9.94. The number of rotatable bonds is 4. The molecule has 0 aliphatic carbocycles. The van der Waals surface area contributed by atoms with Crippen molar-refractivity contribution >= 4 is 5.91 Å². The molecule has 0 atom stereocenters. The Morgan fingerprint density at radius 3 is 2.47 bits per heavy atom. The molecule has 15 heavy (non-hydrogen) atoms. The van der Waals surface area contributed by atoms with E-state index in [1.165, 1.54) is 19.3 Å². The lowest BCUT2D eigenvalue weighted by Gasteiger charge is -2.31. The van der Waals surface area contributed by atoms with Crippen molar-refractivity contribution in [3.8, 4) is 0 Å². The van der Waals surface area contributed by atoms with Gasteiger partial charge >= 0.3 is 0 Å². The minimum absolute atomic E-state index is 0.167. The highest BCUT2D eigenvalue weighted by molar-refractivity contribution is 5.78. The van der Waals surface area contributed by atoms with Crippen LogP contribution in [0.1, 0.15) is 40.0 Å². The summed E-state index contributed by atoms with van der Waals surface area (Å²) in [5.41, 5.74) is 0. The van der Waals surface area contributed by atoms with Crippen molar-refractivity contribution in [3.63, 3.8) is 0 Å². The van der Waals surface area contributed by atoms with Crippen LogP contribution in [0.4, 0.5) is 0 Å². The Kier molecular flexibility index (Phi) is 5.09. The number of piperidine rings is 1. The molecule has 3 heteroatoms. The molecule has 0 unspecified atom stereocenters. The van der Waals surface area contributed by atoms with Crippen LogP contribution in [0.3, 0.4) is 0 Å². The Bertz CT molecular complexity index is 196. The summed E-state index contributed by atoms with van der Waals surface area (Å²) in [7, 11) is 0. The van der Waals surface area contributed by atoms with E-state index < -0.39 is 0 Å². The van der Waals surface area contributed by atoms with Gasteiger partial charge in [0.05, 0.1) is 6.54 Å². The van der Waals surface area contributed by atoms with E-state index in [9.17, 15) is 4.79 Å². The van der Waals surface area contributed by atoms with Crippen molar-refractivity contribution in [3.05, 3.63) is 0 Å². The third kappa shape index (κ3) is 4.65. The minimum atomic E-state index is 0.167. The molecule has 0 saturated carbocycles. The fourth-order valence-corrected chi connectivity index (χ4v) is 2.12. The molecule has 1 aliphatic heterocycles. The van der Waals surface area contributed by atoms with E-state index in [0.717, 1.165) is 19.0 Å². The van der Waals surface area contributed by atoms with E-state index in [2.05, 4.69) is 17.1 Å². The molecule has 3 nitrogen and oxygen atoms in total. The zero-order valence-electron chi connectivity index (χ0n) is 10.3. The van der Waals surface area contributed by atoms with Crippen molar-refractivity contribution in [2.75, 3.05) is 19.6 Å². The van der Waals surface area contributed by atoms with Gasteiger partial charge < -0.3 is 5.32 Å². The highest BCUT2D eigenvalue weighted by atomic mass is 16.2. The summed E-state index contributed by atoms with van der Waals surface area (Å²) in [4.78, 5) is 13.8. The summed E-state index contributed by atoms with van der Waals surface area (Å²) in [5, 5.41) is 2.93. The quantitative estimate of drug-likeness (QED) is 0.768. The van der Waals surface area contributed by atoms with Gasteiger partial charge in [0.1, 0.15) is 0 Å². The second kappa shape index (κ2) is 6.11. The predicted octanol–water partition coefficient (Wildman–Crippen LogP) is 1.63. The monoisotopic (exact) mass is 212 g/mol. The van der Waals surface area contributed by atoms with Crippen LogP contribution in [0.2, 0.25) is 0 Å². The lowest BCUT2D eigenvalue weighted by molar-refractivity contribution is -0.123. The maximum Gasteiger partial charge on any atom is 0.234 e. The van der Waals surface area contributed by atoms with Gasteiger partial charge in [0.15, 0.2) is 0 Å². The SMILES string of the molecule is CCC1CCN(CC(=O)NC(C)C)CC1. The second-order valence-corrected chi connectivity index (χ2v) is 4.85. The van der Waals surface area contributed by atoms with Crippen molar-refractivity contribution < 1.29 is 4.79 Å². The van der Waals surface area contributed by atoms with Gasteiger partial charge in [-0.25, -0.2) is 0 Å². The zero-order chi connectivity index (χ0) is 11.3. The van der Waals surface area contributed by atoms with E-state index in [1.54, 1.807) is 0 Å². The highest BCUT2D eigenvalue weighted by Gasteiger charge is 2.19. The molecule has 1 amide bonds. The van der Waals surface area contributed by atoms with Gasteiger partial charge in [0, 0.05) is 6.04 Å². The molecule has 0 spiro atoms. The average molecular weight is 212 g/mol. The Labute approximate surface area is 93.2 Å². The number of hydrogen-bond donors (Lipinski definition) is 1. The number of carbonyl (C=O) groups is 1. The molecule has 1 N–H and O–H groups in total. The molecule has 1 fully saturated rings. The highest BCUT2D eigenvalue weighted by Crippen LogP contribution is 2.19. The smallest absolute Gasteiger partial charge is 0.234 e. The van der Waals surface area contributed by atoms with Gasteiger partial charge in [-0.05, 0) is 45.7 Å². The summed E-state index contributed by atoms with van der Waals surface area (Å²) in [6.45, 7) is 9.01. The molecule has 1 heterocycles. The Morgan fingerprint density at radius 1 is 1.40 bits per heavy atom. The first-order valence-corrected chi connectivity index (χ1v) is 6.13. The first-order valence-electron chi connectivity index (χ1n) is 6.13. The van der Waals surface area contributed by atoms with E-state index >= 15 is 0 Å². The van der Waals surface area contributed by atoms with E-state index in [4.69, 9.17) is 0 Å². The molecule has 0 aromatic rings. The number of nitrogens with one attached hydrogen (secondary N) is 1. The number of amides is 1. The Morgan fingerprint density at radius 2 is 2.00 bits per heavy atom. The van der Waals surface area contributed by atoms with Gasteiger partial charge in [-0.1, -0.05) is 13.3 Å². The van der Waals surface area contributed by atoms with Gasteiger partial charge in [0.25, 0.3) is 0 Å². The molecule has 1 aliphatic rings. The van der Waals surface area contributed by atoms with Crippen LogP contribution < -0.4 is 5.32 Å². The number of likely N-dealkylation sites (tertiary alicyclic amines) is 1. The van der Waals surface area contributed by atoms with Gasteiger partial charge in [0.2, 0.25) is 5.91 Å². The third-order valence-electron chi connectivity index (χ3n) is 3.10. The molecule has 0 radical (unpaired) electrons. The molecular formula is C12H24N2O. The van der Waals surface area contributed by atoms with Crippen LogP contribution in [0.15, 0.2) is 0 Å². The summed E-state index contributed by atoms with van der Waals surface area (Å²) < 4.78 is 0. The van der Waals surface area contributed by atoms with Crippen LogP contribution in [-0.4, -0.2) is 36.5 Å². The second-order valence-electron chi connectivity index (χ2n) is 4.85. The molecular weight excluding hydrogens is 188 g/mol. The Balaban J connectivity index is 2.20. The molecule has 0 aromatic heterocycles. The van der Waals surface area contributed by atoms with Gasteiger partial charge in [-0.15, -0.1) is 0 Å². The summed E-state index contributed by atoms with van der Waals surface area (Å²) >= 11 is 0. The first-order chi connectivity index (χ1) is 7.11. The number of hydrogen-bond acceptors (Lipinski definition) is 2. The topological polar surface area (TPSA) is 32.3 Å². The first kappa shape index (κ1) is 12.5. The minimum Gasteiger partial charge on any atom is -0.353 e. The zero-order valence-corrected chi connectivity index (χ0v) is 10.3. The summed E-state index contributed by atoms with van der Waals surface area (Å²) in [6.07, 6.45) is 3.79. The largest absolute Gasteiger partial charge is 0.353 e. The van der Waals surface area contributed by atoms with E-state index in [-0.39, 0.29) is 11.9 Å². The standard InChI is InChI=1S/C12H24N2O/c1-4-11-5-7-14(8-6-11)9-12(15)13-10(2)3/h10-11H,4-9H2,1-3H3,(H,13,15). The molecule has 0 bridgehead atoms. The number of carbonyl (C=O) groups excluding carboxylic acids is 1. The van der Waals surface area contributed by atoms with Crippen molar-refractivity contribution in [2.24, 2.45) is 5.92 Å². The summed E-state index contributed by atoms with van der Waals surface area (Å²) in [6, 6.07) is 0.255. The predicted molar refractivity (Wildman–Crippen MR) is 62.7 cm³/mol. The van der Waals surface area contributed by atoms with Crippen LogP contribution in [-0.2, 0) is 4.79 Å². The van der Waals surface area contributed by atoms with Crippen LogP contribution >= 0.6 is 0 Å². The maximum absolute atomic E-state index is 11.5. The molecule has 0 aromatic carbocycles. The van der Waals surface area contributed by atoms with Gasteiger partial charge in [-0.3, -0.25) is 9.69 Å². The fraction of sp³-hybridized carbons (Fsp3) is 0.917. The molecule has 88 valence electrons. The van der Waals surface area contributed by atoms with Crippen LogP contribution in [0.25, 0.3) is 0 Å². The van der Waals surface area contributed by atoms with Crippen molar-refractivity contribution in [1.82, 2.24) is 10.2 Å². The lowest BCUT2D eigenvalue weighted by Crippen LogP contribution is -2.43. The fourth-order valence-electron chi connectivity index (χ4n) is 2.12. The molecule has 1 saturated heterocycles. The van der Waals surface area contributed by atoms with Crippen LogP contribution in [0, 0.1) is 5.92 Å². The molecule has 1 rings (SSSR count). The van der Waals surface area contributed by atoms with Gasteiger partial charge in [-0.2, -0.15) is 0 Å². The van der Waals surface area contributed by atoms with Crippen molar-refractivity contribution in [1.29, 1.82) is 0 Å². The summed E-state index contributed by atoms with van der Waals surface area (Å²) in [5.74, 6) is 1.05. The Hall–Kier alpha value is -0.570. The average Bonchev–Trinajstić information content (AvgIpc) is 2.17. The normalized spacial score (nSPS) is 19.5. The van der Waals surface area contributed by atoms with E-state index in [0.29, 0.717) is 6.54 Å². The van der Waals surface area contributed by atoms with E-state index in [1.807, 2.05) is 13.8 Å². The maximum atomic E-state index is 11.5.